The van der Waals surface area contributed by atoms with E-state index >= 15 is 0 Å². The summed E-state index contributed by atoms with van der Waals surface area (Å²) in [6.45, 7) is 1.70. The summed E-state index contributed by atoms with van der Waals surface area (Å²) in [5.74, 6) is 0.943. The molecule has 0 aliphatic heterocycles. The molecular weight excluding hydrogens is 381 g/mol. The third kappa shape index (κ3) is 4.35. The van der Waals surface area contributed by atoms with Crippen LogP contribution in [-0.4, -0.2) is 19.1 Å². The number of methoxy groups -OCH3 is 1. The van der Waals surface area contributed by atoms with Gasteiger partial charge in [-0.05, 0) is 65.9 Å². The van der Waals surface area contributed by atoms with E-state index in [-0.39, 0.29) is 5.91 Å². The van der Waals surface area contributed by atoms with Crippen LogP contribution in [0.15, 0.2) is 48.5 Å². The van der Waals surface area contributed by atoms with Gasteiger partial charge in [0.05, 0.1) is 7.11 Å². The van der Waals surface area contributed by atoms with Gasteiger partial charge in [0, 0.05) is 9.26 Å². The summed E-state index contributed by atoms with van der Waals surface area (Å²) < 4.78 is 12.0. The molecule has 0 radical (unpaired) electrons. The Morgan fingerprint density at radius 3 is 2.33 bits per heavy atom. The van der Waals surface area contributed by atoms with Crippen LogP contribution in [0.5, 0.6) is 11.5 Å². The predicted octanol–water partition coefficient (Wildman–Crippen LogP) is 3.71. The van der Waals surface area contributed by atoms with Crippen LogP contribution in [0.1, 0.15) is 6.92 Å². The number of anilines is 1. The Morgan fingerprint density at radius 1 is 1.10 bits per heavy atom. The lowest BCUT2D eigenvalue weighted by Crippen LogP contribution is -2.30. The van der Waals surface area contributed by atoms with Crippen molar-refractivity contribution in [2.75, 3.05) is 12.4 Å². The number of carbonyl (C=O) groups excluding carboxylic acids is 1. The van der Waals surface area contributed by atoms with E-state index in [1.165, 1.54) is 0 Å². The van der Waals surface area contributed by atoms with E-state index in [0.29, 0.717) is 11.5 Å². The number of benzene rings is 2. The van der Waals surface area contributed by atoms with Crippen molar-refractivity contribution in [2.24, 2.45) is 0 Å². The molecule has 0 saturated heterocycles. The summed E-state index contributed by atoms with van der Waals surface area (Å²) >= 11 is 2.22. The largest absolute Gasteiger partial charge is 0.493 e. The van der Waals surface area contributed by atoms with Crippen LogP contribution in [0.25, 0.3) is 0 Å². The van der Waals surface area contributed by atoms with Crippen molar-refractivity contribution in [3.8, 4) is 11.5 Å². The van der Waals surface area contributed by atoms with Gasteiger partial charge < -0.3 is 14.8 Å². The number of ether oxygens (including phenoxy) is 2. The van der Waals surface area contributed by atoms with Gasteiger partial charge in [-0.1, -0.05) is 12.1 Å². The number of halogens is 1. The van der Waals surface area contributed by atoms with Crippen molar-refractivity contribution in [1.82, 2.24) is 0 Å². The topological polar surface area (TPSA) is 47.6 Å². The fourth-order valence-corrected chi connectivity index (χ4v) is 2.10. The molecule has 0 aliphatic carbocycles. The predicted molar refractivity (Wildman–Crippen MR) is 90.9 cm³/mol. The molecule has 2 rings (SSSR count). The van der Waals surface area contributed by atoms with Crippen LogP contribution in [0.3, 0.4) is 0 Å². The molecule has 0 bridgehead atoms. The Balaban J connectivity index is 2.01. The van der Waals surface area contributed by atoms with Gasteiger partial charge in [-0.25, -0.2) is 0 Å². The lowest BCUT2D eigenvalue weighted by Gasteiger charge is -2.16. The molecule has 1 N–H and O–H groups in total. The van der Waals surface area contributed by atoms with Crippen molar-refractivity contribution in [3.63, 3.8) is 0 Å². The molecule has 0 aliphatic rings. The minimum absolute atomic E-state index is 0.206. The van der Waals surface area contributed by atoms with Gasteiger partial charge in [-0.15, -0.1) is 0 Å². The fraction of sp³-hybridized carbons (Fsp3) is 0.188. The van der Waals surface area contributed by atoms with E-state index in [1.54, 1.807) is 26.2 Å². The number of hydrogen-bond donors (Lipinski definition) is 1. The van der Waals surface area contributed by atoms with E-state index in [1.807, 2.05) is 36.4 Å². The van der Waals surface area contributed by atoms with Crippen molar-refractivity contribution in [3.05, 3.63) is 52.1 Å². The average molecular weight is 397 g/mol. The molecule has 0 saturated carbocycles. The maximum absolute atomic E-state index is 12.1. The van der Waals surface area contributed by atoms with Crippen LogP contribution in [0.4, 0.5) is 5.69 Å². The molecule has 2 aromatic rings. The monoisotopic (exact) mass is 397 g/mol. The first-order chi connectivity index (χ1) is 10.1. The maximum Gasteiger partial charge on any atom is 0.265 e. The highest BCUT2D eigenvalue weighted by Crippen LogP contribution is 2.27. The van der Waals surface area contributed by atoms with Gasteiger partial charge in [0.2, 0.25) is 0 Å². The number of hydrogen-bond acceptors (Lipinski definition) is 3. The summed E-state index contributed by atoms with van der Waals surface area (Å²) in [4.78, 5) is 12.1. The molecule has 1 amide bonds. The molecule has 110 valence electrons. The molecule has 4 nitrogen and oxygen atoms in total. The van der Waals surface area contributed by atoms with Gasteiger partial charge in [0.15, 0.2) is 17.6 Å². The average Bonchev–Trinajstić information content (AvgIpc) is 2.50. The van der Waals surface area contributed by atoms with Crippen molar-refractivity contribution in [2.45, 2.75) is 13.0 Å². The van der Waals surface area contributed by atoms with E-state index in [2.05, 4.69) is 27.9 Å². The van der Waals surface area contributed by atoms with Crippen molar-refractivity contribution < 1.29 is 14.3 Å². The third-order valence-electron chi connectivity index (χ3n) is 2.85. The van der Waals surface area contributed by atoms with Crippen LogP contribution >= 0.6 is 22.6 Å². The first kappa shape index (κ1) is 15.6. The minimum Gasteiger partial charge on any atom is -0.493 e. The molecule has 0 aromatic heterocycles. The molecule has 0 unspecified atom stereocenters. The zero-order valence-corrected chi connectivity index (χ0v) is 14.0. The van der Waals surface area contributed by atoms with Gasteiger partial charge in [-0.2, -0.15) is 0 Å². The van der Waals surface area contributed by atoms with E-state index in [9.17, 15) is 4.79 Å². The first-order valence-corrected chi connectivity index (χ1v) is 7.54. The van der Waals surface area contributed by atoms with Crippen molar-refractivity contribution >= 4 is 34.2 Å². The lowest BCUT2D eigenvalue weighted by atomic mass is 10.3. The summed E-state index contributed by atoms with van der Waals surface area (Å²) in [5, 5.41) is 2.82. The SMILES string of the molecule is COc1ccccc1O[C@H](C)C(=O)Nc1ccc(I)cc1. The van der Waals surface area contributed by atoms with Gasteiger partial charge in [0.1, 0.15) is 0 Å². The molecule has 2 aromatic carbocycles. The van der Waals surface area contributed by atoms with Crippen LogP contribution in [-0.2, 0) is 4.79 Å². The maximum atomic E-state index is 12.1. The first-order valence-electron chi connectivity index (χ1n) is 6.46. The number of carbonyl (C=O) groups is 1. The fourth-order valence-electron chi connectivity index (χ4n) is 1.74. The normalized spacial score (nSPS) is 11.6. The molecule has 5 heteroatoms. The zero-order valence-electron chi connectivity index (χ0n) is 11.8. The number of amides is 1. The summed E-state index contributed by atoms with van der Waals surface area (Å²) in [5.41, 5.74) is 0.746. The number of rotatable bonds is 5. The van der Waals surface area contributed by atoms with Crippen LogP contribution in [0.2, 0.25) is 0 Å². The van der Waals surface area contributed by atoms with E-state index in [4.69, 9.17) is 9.47 Å². The minimum atomic E-state index is -0.624. The van der Waals surface area contributed by atoms with Crippen LogP contribution in [0, 0.1) is 3.57 Å². The van der Waals surface area contributed by atoms with Crippen LogP contribution < -0.4 is 14.8 Å². The molecule has 1 atom stereocenters. The highest BCUT2D eigenvalue weighted by atomic mass is 127. The molecule has 0 fully saturated rings. The van der Waals surface area contributed by atoms with Gasteiger partial charge >= 0.3 is 0 Å². The number of para-hydroxylation sites is 2. The van der Waals surface area contributed by atoms with Gasteiger partial charge in [-0.3, -0.25) is 4.79 Å². The standard InChI is InChI=1S/C16H16INO3/c1-11(21-15-6-4-3-5-14(15)20-2)16(19)18-13-9-7-12(17)8-10-13/h3-11H,1-2H3,(H,18,19)/t11-/m1/s1. The lowest BCUT2D eigenvalue weighted by molar-refractivity contribution is -0.122. The van der Waals surface area contributed by atoms with E-state index in [0.717, 1.165) is 9.26 Å². The Morgan fingerprint density at radius 2 is 1.71 bits per heavy atom. The second-order valence-electron chi connectivity index (χ2n) is 4.41. The van der Waals surface area contributed by atoms with Crippen molar-refractivity contribution in [1.29, 1.82) is 0 Å². The summed E-state index contributed by atoms with van der Waals surface area (Å²) in [7, 11) is 1.57. The van der Waals surface area contributed by atoms with E-state index < -0.39 is 6.10 Å². The zero-order chi connectivity index (χ0) is 15.2. The quantitative estimate of drug-likeness (QED) is 0.783. The molecule has 0 spiro atoms. The summed E-state index contributed by atoms with van der Waals surface area (Å²) in [6.07, 6.45) is -0.624. The Hall–Kier alpha value is -1.76. The second kappa shape index (κ2) is 7.31. The Bertz CT molecular complexity index is 613. The molecular formula is C16H16INO3. The molecule has 21 heavy (non-hydrogen) atoms. The summed E-state index contributed by atoms with van der Waals surface area (Å²) in [6, 6.07) is 14.8. The number of nitrogens with one attached hydrogen (secondary N) is 1. The second-order valence-corrected chi connectivity index (χ2v) is 5.65. The highest BCUT2D eigenvalue weighted by molar-refractivity contribution is 14.1. The van der Waals surface area contributed by atoms with Gasteiger partial charge in [0.25, 0.3) is 5.91 Å². The highest BCUT2D eigenvalue weighted by Gasteiger charge is 2.16. The third-order valence-corrected chi connectivity index (χ3v) is 3.57. The molecule has 0 heterocycles. The Kier molecular flexibility index (Phi) is 5.44. The smallest absolute Gasteiger partial charge is 0.265 e. The Labute approximate surface area is 137 Å².